The van der Waals surface area contributed by atoms with Crippen molar-refractivity contribution in [3.05, 3.63) is 23.3 Å². The van der Waals surface area contributed by atoms with Crippen molar-refractivity contribution in [2.24, 2.45) is 22.4 Å². The molecule has 0 unspecified atom stereocenters. The fourth-order valence-corrected chi connectivity index (χ4v) is 7.45. The molecule has 3 saturated heterocycles. The number of nitrogens with one attached hydrogen (secondary N) is 1. The van der Waals surface area contributed by atoms with E-state index in [1.165, 1.54) is 16.7 Å². The normalized spacial score (nSPS) is 34.9. The lowest BCUT2D eigenvalue weighted by molar-refractivity contribution is -0.163. The van der Waals surface area contributed by atoms with Gasteiger partial charge in [0.1, 0.15) is 12.3 Å². The SMILES string of the molecule is C=CCO/N=C1\CN(C(=O)[C@@H]2C[C@H](SC3=C(C(=O)O)N4C(=O)[C@H]([C@@H](C)O)[C@H]4[C@H]3C)CN2)CC12CC2. The van der Waals surface area contributed by atoms with Crippen LogP contribution in [0.1, 0.15) is 33.1 Å². The molecule has 35 heavy (non-hydrogen) atoms. The Morgan fingerprint density at radius 2 is 2.17 bits per heavy atom. The molecule has 190 valence electrons. The molecule has 6 atom stereocenters. The number of carboxylic acid groups (broad SMARTS) is 1. The Labute approximate surface area is 208 Å². The average molecular weight is 505 g/mol. The van der Waals surface area contributed by atoms with Crippen LogP contribution in [0.5, 0.6) is 0 Å². The van der Waals surface area contributed by atoms with E-state index < -0.39 is 18.0 Å². The number of likely N-dealkylation sites (tertiary alicyclic amines) is 1. The van der Waals surface area contributed by atoms with E-state index in [1.54, 1.807) is 13.0 Å². The molecule has 0 aromatic rings. The van der Waals surface area contributed by atoms with Crippen LogP contribution in [-0.2, 0) is 19.2 Å². The number of aliphatic hydroxyl groups is 1. The number of thioether (sulfide) groups is 1. The number of carbonyl (C=O) groups excluding carboxylic acids is 2. The van der Waals surface area contributed by atoms with Crippen molar-refractivity contribution in [2.45, 2.75) is 56.5 Å². The van der Waals surface area contributed by atoms with E-state index in [4.69, 9.17) is 4.84 Å². The third kappa shape index (κ3) is 3.97. The monoisotopic (exact) mass is 504 g/mol. The molecule has 4 heterocycles. The molecule has 4 fully saturated rings. The highest BCUT2D eigenvalue weighted by atomic mass is 32.2. The number of hydrogen-bond donors (Lipinski definition) is 3. The van der Waals surface area contributed by atoms with E-state index >= 15 is 0 Å². The maximum Gasteiger partial charge on any atom is 0.353 e. The van der Waals surface area contributed by atoms with Gasteiger partial charge in [0.05, 0.1) is 36.4 Å². The largest absolute Gasteiger partial charge is 0.477 e. The molecule has 10 nitrogen and oxygen atoms in total. The zero-order valence-electron chi connectivity index (χ0n) is 20.0. The zero-order chi connectivity index (χ0) is 25.1. The molecular formula is C24H32N4O6S. The summed E-state index contributed by atoms with van der Waals surface area (Å²) in [6.45, 7) is 9.15. The minimum Gasteiger partial charge on any atom is -0.477 e. The Morgan fingerprint density at radius 1 is 1.43 bits per heavy atom. The van der Waals surface area contributed by atoms with Crippen molar-refractivity contribution in [1.82, 2.24) is 15.1 Å². The van der Waals surface area contributed by atoms with Gasteiger partial charge in [-0.05, 0) is 26.2 Å². The number of carbonyl (C=O) groups is 3. The fraction of sp³-hybridized carbons (Fsp3) is 0.667. The van der Waals surface area contributed by atoms with Crippen LogP contribution in [0.4, 0.5) is 0 Å². The highest BCUT2D eigenvalue weighted by molar-refractivity contribution is 8.03. The second-order valence-electron chi connectivity index (χ2n) is 10.3. The maximum absolute atomic E-state index is 13.3. The van der Waals surface area contributed by atoms with Gasteiger partial charge in [0.25, 0.3) is 0 Å². The molecular weight excluding hydrogens is 472 g/mol. The first-order valence-electron chi connectivity index (χ1n) is 12.2. The Morgan fingerprint density at radius 3 is 2.80 bits per heavy atom. The number of carboxylic acids is 1. The molecule has 1 spiro atoms. The van der Waals surface area contributed by atoms with Gasteiger partial charge in [-0.2, -0.15) is 0 Å². The predicted octanol–water partition coefficient (Wildman–Crippen LogP) is 0.785. The molecule has 0 aromatic carbocycles. The summed E-state index contributed by atoms with van der Waals surface area (Å²) < 4.78 is 0. The molecule has 4 aliphatic heterocycles. The summed E-state index contributed by atoms with van der Waals surface area (Å²) >= 11 is 1.45. The Kier molecular flexibility index (Phi) is 6.21. The number of amides is 2. The second-order valence-corrected chi connectivity index (χ2v) is 11.6. The van der Waals surface area contributed by atoms with E-state index in [1.807, 2.05) is 11.8 Å². The lowest BCUT2D eigenvalue weighted by Crippen LogP contribution is -2.63. The minimum atomic E-state index is -1.13. The van der Waals surface area contributed by atoms with Gasteiger partial charge in [0.2, 0.25) is 11.8 Å². The van der Waals surface area contributed by atoms with Gasteiger partial charge in [-0.15, -0.1) is 11.8 Å². The summed E-state index contributed by atoms with van der Waals surface area (Å²) in [6.07, 6.45) is 3.41. The van der Waals surface area contributed by atoms with E-state index in [0.717, 1.165) is 18.6 Å². The maximum atomic E-state index is 13.3. The Bertz CT molecular complexity index is 1020. The lowest BCUT2D eigenvalue weighted by atomic mass is 9.79. The first-order valence-corrected chi connectivity index (χ1v) is 13.0. The van der Waals surface area contributed by atoms with Gasteiger partial charge in [-0.3, -0.25) is 9.59 Å². The van der Waals surface area contributed by atoms with Crippen LogP contribution in [0.2, 0.25) is 0 Å². The summed E-state index contributed by atoms with van der Waals surface area (Å²) in [5, 5.41) is 27.5. The number of nitrogens with zero attached hydrogens (tertiary/aromatic N) is 3. The molecule has 5 rings (SSSR count). The first kappa shape index (κ1) is 24.3. The number of fused-ring (bicyclic) bond motifs is 1. The quantitative estimate of drug-likeness (QED) is 0.191. The molecule has 11 heteroatoms. The topological polar surface area (TPSA) is 132 Å². The highest BCUT2D eigenvalue weighted by Gasteiger charge is 2.60. The van der Waals surface area contributed by atoms with Crippen molar-refractivity contribution in [3.63, 3.8) is 0 Å². The number of β-lactam (4-membered cyclic amide) rings is 1. The van der Waals surface area contributed by atoms with Crippen molar-refractivity contribution >= 4 is 35.3 Å². The van der Waals surface area contributed by atoms with Gasteiger partial charge >= 0.3 is 5.97 Å². The molecule has 0 bridgehead atoms. The summed E-state index contributed by atoms with van der Waals surface area (Å²) in [6, 6.07) is -0.672. The van der Waals surface area contributed by atoms with E-state index in [9.17, 15) is 24.6 Å². The second kappa shape index (κ2) is 8.94. The van der Waals surface area contributed by atoms with Gasteiger partial charge in [0, 0.05) is 34.6 Å². The molecule has 5 aliphatic rings. The van der Waals surface area contributed by atoms with Crippen molar-refractivity contribution in [3.8, 4) is 0 Å². The summed E-state index contributed by atoms with van der Waals surface area (Å²) in [5.74, 6) is -2.19. The summed E-state index contributed by atoms with van der Waals surface area (Å²) in [7, 11) is 0. The third-order valence-electron chi connectivity index (χ3n) is 7.97. The predicted molar refractivity (Wildman–Crippen MR) is 129 cm³/mol. The number of hydrogen-bond acceptors (Lipinski definition) is 8. The van der Waals surface area contributed by atoms with Gasteiger partial charge in [-0.1, -0.05) is 24.7 Å². The summed E-state index contributed by atoms with van der Waals surface area (Å²) in [5.41, 5.74) is 0.916. The van der Waals surface area contributed by atoms with Crippen LogP contribution in [0.15, 0.2) is 28.4 Å². The highest BCUT2D eigenvalue weighted by Crippen LogP contribution is 2.53. The van der Waals surface area contributed by atoms with Crippen molar-refractivity contribution < 1.29 is 29.4 Å². The van der Waals surface area contributed by atoms with Crippen LogP contribution < -0.4 is 5.32 Å². The number of oxime groups is 1. The van der Waals surface area contributed by atoms with Crippen LogP contribution in [0.3, 0.4) is 0 Å². The average Bonchev–Trinajstić information content (AvgIpc) is 3.16. The first-order chi connectivity index (χ1) is 16.7. The molecule has 1 saturated carbocycles. The van der Waals surface area contributed by atoms with Gasteiger partial charge in [0.15, 0.2) is 0 Å². The Balaban J connectivity index is 1.24. The third-order valence-corrected chi connectivity index (χ3v) is 9.48. The van der Waals surface area contributed by atoms with Crippen LogP contribution in [0.25, 0.3) is 0 Å². The Hall–Kier alpha value is -2.37. The lowest BCUT2D eigenvalue weighted by Gasteiger charge is -2.46. The number of aliphatic hydroxyl groups excluding tert-OH is 1. The standard InChI is InChI=1S/C24H32N4O6S/c1-4-7-34-26-16-10-27(11-24(16)5-6-24)21(30)15-8-14(9-25-15)35-20-12(2)18-17(13(3)29)22(31)28(18)19(20)23(32)33/h4,12-15,17-18,25,29H,1,5-11H2,2-3H3,(H,32,33)/b26-16+/t12-,13-,14+,15+,17-,18-/m1/s1. The van der Waals surface area contributed by atoms with Gasteiger partial charge in [-0.25, -0.2) is 4.79 Å². The number of rotatable bonds is 8. The molecule has 1 aliphatic carbocycles. The van der Waals surface area contributed by atoms with Crippen molar-refractivity contribution in [2.75, 3.05) is 26.2 Å². The van der Waals surface area contributed by atoms with E-state index in [-0.39, 0.29) is 46.2 Å². The molecule has 0 aromatic heterocycles. The van der Waals surface area contributed by atoms with Gasteiger partial charge < -0.3 is 30.2 Å². The molecule has 2 amide bonds. The number of aliphatic carboxylic acids is 1. The minimum absolute atomic E-state index is 0.0103. The van der Waals surface area contributed by atoms with Crippen LogP contribution in [0, 0.1) is 17.3 Å². The van der Waals surface area contributed by atoms with Crippen LogP contribution >= 0.6 is 11.8 Å². The zero-order valence-corrected chi connectivity index (χ0v) is 20.8. The molecule has 3 N–H and O–H groups in total. The van der Waals surface area contributed by atoms with Crippen LogP contribution in [-0.4, -0.2) is 93.2 Å². The van der Waals surface area contributed by atoms with E-state index in [2.05, 4.69) is 17.1 Å². The molecule has 0 radical (unpaired) electrons. The fourth-order valence-electron chi connectivity index (χ4n) is 5.97. The van der Waals surface area contributed by atoms with Crippen molar-refractivity contribution in [1.29, 1.82) is 0 Å². The smallest absolute Gasteiger partial charge is 0.353 e. The summed E-state index contributed by atoms with van der Waals surface area (Å²) in [4.78, 5) is 47.0. The van der Waals surface area contributed by atoms with E-state index in [0.29, 0.717) is 37.6 Å².